The molecule has 0 saturated heterocycles. The Hall–Kier alpha value is -2.42. The second-order valence-corrected chi connectivity index (χ2v) is 4.28. The monoisotopic (exact) mass is 236 g/mol. The van der Waals surface area contributed by atoms with Gasteiger partial charge in [-0.25, -0.2) is 0 Å². The van der Waals surface area contributed by atoms with E-state index in [2.05, 4.69) is 9.97 Å². The van der Waals surface area contributed by atoms with Crippen LogP contribution in [0.4, 0.5) is 0 Å². The molecule has 0 saturated carbocycles. The molecule has 18 heavy (non-hydrogen) atoms. The summed E-state index contributed by atoms with van der Waals surface area (Å²) < 4.78 is 0. The SMILES string of the molecule is Cc1cc(-c2cccc3ncccc23)c[nH]c1=O. The number of fused-ring (bicyclic) bond motifs is 1. The van der Waals surface area contributed by atoms with E-state index in [1.54, 1.807) is 12.4 Å². The summed E-state index contributed by atoms with van der Waals surface area (Å²) in [6.45, 7) is 1.81. The van der Waals surface area contributed by atoms with Crippen molar-refractivity contribution in [2.24, 2.45) is 0 Å². The average Bonchev–Trinajstić information content (AvgIpc) is 2.41. The van der Waals surface area contributed by atoms with Crippen LogP contribution in [-0.2, 0) is 0 Å². The number of pyridine rings is 2. The van der Waals surface area contributed by atoms with Crippen LogP contribution in [0.5, 0.6) is 0 Å². The normalized spacial score (nSPS) is 10.7. The average molecular weight is 236 g/mol. The number of hydrogen-bond acceptors (Lipinski definition) is 2. The van der Waals surface area contributed by atoms with Crippen LogP contribution < -0.4 is 5.56 Å². The van der Waals surface area contributed by atoms with E-state index < -0.39 is 0 Å². The summed E-state index contributed by atoms with van der Waals surface area (Å²) in [6.07, 6.45) is 3.53. The molecular weight excluding hydrogens is 224 g/mol. The fourth-order valence-electron chi connectivity index (χ4n) is 2.11. The number of benzene rings is 1. The third kappa shape index (κ3) is 1.70. The molecule has 0 bridgehead atoms. The van der Waals surface area contributed by atoms with E-state index in [1.807, 2.05) is 43.3 Å². The fraction of sp³-hybridized carbons (Fsp3) is 0.0667. The summed E-state index contributed by atoms with van der Waals surface area (Å²) in [4.78, 5) is 18.5. The smallest absolute Gasteiger partial charge is 0.250 e. The third-order valence-electron chi connectivity index (χ3n) is 3.05. The molecule has 3 nitrogen and oxygen atoms in total. The Kier molecular flexibility index (Phi) is 2.45. The highest BCUT2D eigenvalue weighted by molar-refractivity contribution is 5.94. The number of aromatic nitrogens is 2. The molecule has 3 aromatic rings. The van der Waals surface area contributed by atoms with Crippen molar-refractivity contribution in [3.63, 3.8) is 0 Å². The molecule has 1 N–H and O–H groups in total. The zero-order valence-corrected chi connectivity index (χ0v) is 9.97. The van der Waals surface area contributed by atoms with Gasteiger partial charge in [0.05, 0.1) is 5.52 Å². The van der Waals surface area contributed by atoms with E-state index in [9.17, 15) is 4.79 Å². The van der Waals surface area contributed by atoms with Gasteiger partial charge in [0.1, 0.15) is 0 Å². The zero-order chi connectivity index (χ0) is 12.5. The van der Waals surface area contributed by atoms with E-state index in [1.165, 1.54) is 0 Å². The summed E-state index contributed by atoms with van der Waals surface area (Å²) in [6, 6.07) is 11.9. The maximum absolute atomic E-state index is 11.4. The van der Waals surface area contributed by atoms with Crippen molar-refractivity contribution < 1.29 is 0 Å². The number of H-pyrrole nitrogens is 1. The Morgan fingerprint density at radius 2 is 2.06 bits per heavy atom. The van der Waals surface area contributed by atoms with E-state index in [-0.39, 0.29) is 5.56 Å². The second-order valence-electron chi connectivity index (χ2n) is 4.28. The molecule has 2 heterocycles. The van der Waals surface area contributed by atoms with Crippen LogP contribution in [0, 0.1) is 6.92 Å². The second kappa shape index (κ2) is 4.11. The maximum Gasteiger partial charge on any atom is 0.250 e. The standard InChI is InChI=1S/C15H12N2O/c1-10-8-11(9-17-15(10)18)12-4-2-6-14-13(12)5-3-7-16-14/h2-9H,1H3,(H,17,18). The minimum Gasteiger partial charge on any atom is -0.328 e. The molecule has 0 aliphatic heterocycles. The molecule has 0 aliphatic rings. The van der Waals surface area contributed by atoms with Gasteiger partial charge >= 0.3 is 0 Å². The highest BCUT2D eigenvalue weighted by atomic mass is 16.1. The van der Waals surface area contributed by atoms with Crippen molar-refractivity contribution in [1.82, 2.24) is 9.97 Å². The molecular formula is C15H12N2O. The van der Waals surface area contributed by atoms with Crippen LogP contribution in [0.25, 0.3) is 22.0 Å². The first-order valence-corrected chi connectivity index (χ1v) is 5.79. The Morgan fingerprint density at radius 3 is 2.89 bits per heavy atom. The first kappa shape index (κ1) is 10.7. The van der Waals surface area contributed by atoms with Crippen LogP contribution >= 0.6 is 0 Å². The fourth-order valence-corrected chi connectivity index (χ4v) is 2.11. The van der Waals surface area contributed by atoms with Crippen molar-refractivity contribution in [3.8, 4) is 11.1 Å². The molecule has 0 fully saturated rings. The molecule has 2 aromatic heterocycles. The predicted molar refractivity (Wildman–Crippen MR) is 72.5 cm³/mol. The molecule has 0 aliphatic carbocycles. The van der Waals surface area contributed by atoms with Crippen molar-refractivity contribution in [2.75, 3.05) is 0 Å². The molecule has 1 aromatic carbocycles. The summed E-state index contributed by atoms with van der Waals surface area (Å²) in [5, 5.41) is 1.09. The molecule has 88 valence electrons. The lowest BCUT2D eigenvalue weighted by atomic mass is 10.0. The van der Waals surface area contributed by atoms with Gasteiger partial charge in [-0.1, -0.05) is 18.2 Å². The number of hydrogen-bond donors (Lipinski definition) is 1. The van der Waals surface area contributed by atoms with E-state index in [4.69, 9.17) is 0 Å². The van der Waals surface area contributed by atoms with Gasteiger partial charge in [-0.15, -0.1) is 0 Å². The number of aryl methyl sites for hydroxylation is 1. The van der Waals surface area contributed by atoms with Gasteiger partial charge in [0, 0.05) is 23.3 Å². The maximum atomic E-state index is 11.4. The summed E-state index contributed by atoms with van der Waals surface area (Å²) in [5.74, 6) is 0. The highest BCUT2D eigenvalue weighted by Crippen LogP contribution is 2.26. The summed E-state index contributed by atoms with van der Waals surface area (Å²) in [7, 11) is 0. The van der Waals surface area contributed by atoms with Gasteiger partial charge in [0.15, 0.2) is 0 Å². The van der Waals surface area contributed by atoms with Crippen LogP contribution in [0.2, 0.25) is 0 Å². The first-order chi connectivity index (χ1) is 8.75. The highest BCUT2D eigenvalue weighted by Gasteiger charge is 2.05. The minimum atomic E-state index is -0.0443. The predicted octanol–water partition coefficient (Wildman–Crippen LogP) is 2.90. The van der Waals surface area contributed by atoms with Gasteiger partial charge in [0.2, 0.25) is 0 Å². The largest absolute Gasteiger partial charge is 0.328 e. The zero-order valence-electron chi connectivity index (χ0n) is 9.97. The number of nitrogens with one attached hydrogen (secondary N) is 1. The van der Waals surface area contributed by atoms with E-state index in [0.29, 0.717) is 5.56 Å². The quantitative estimate of drug-likeness (QED) is 0.706. The topological polar surface area (TPSA) is 45.8 Å². The molecule has 0 unspecified atom stereocenters. The van der Waals surface area contributed by atoms with Crippen LogP contribution in [0.3, 0.4) is 0 Å². The molecule has 0 atom stereocenters. The Balaban J connectivity index is 2.31. The van der Waals surface area contributed by atoms with E-state index in [0.717, 1.165) is 22.0 Å². The van der Waals surface area contributed by atoms with Gasteiger partial charge in [-0.3, -0.25) is 9.78 Å². The van der Waals surface area contributed by atoms with Gasteiger partial charge < -0.3 is 4.98 Å². The lowest BCUT2D eigenvalue weighted by molar-refractivity contribution is 1.18. The number of rotatable bonds is 1. The number of aromatic amines is 1. The Labute approximate surface area is 104 Å². The number of nitrogens with zero attached hydrogens (tertiary/aromatic N) is 1. The van der Waals surface area contributed by atoms with Crippen molar-refractivity contribution >= 4 is 10.9 Å². The van der Waals surface area contributed by atoms with Gasteiger partial charge in [-0.2, -0.15) is 0 Å². The van der Waals surface area contributed by atoms with Gasteiger partial charge in [0.25, 0.3) is 5.56 Å². The van der Waals surface area contributed by atoms with Crippen molar-refractivity contribution in [2.45, 2.75) is 6.92 Å². The first-order valence-electron chi connectivity index (χ1n) is 5.79. The lowest BCUT2D eigenvalue weighted by Crippen LogP contribution is -2.07. The molecule has 0 radical (unpaired) electrons. The molecule has 3 heteroatoms. The van der Waals surface area contributed by atoms with Gasteiger partial charge in [-0.05, 0) is 36.2 Å². The summed E-state index contributed by atoms with van der Waals surface area (Å²) in [5.41, 5.74) is 3.72. The molecule has 0 amide bonds. The van der Waals surface area contributed by atoms with Crippen LogP contribution in [0.1, 0.15) is 5.56 Å². The Morgan fingerprint density at radius 1 is 1.17 bits per heavy atom. The van der Waals surface area contributed by atoms with Crippen LogP contribution in [0.15, 0.2) is 53.6 Å². The third-order valence-corrected chi connectivity index (χ3v) is 3.05. The Bertz CT molecular complexity index is 769. The molecule has 0 spiro atoms. The minimum absolute atomic E-state index is 0.0443. The van der Waals surface area contributed by atoms with Crippen molar-refractivity contribution in [3.05, 3.63) is 64.7 Å². The lowest BCUT2D eigenvalue weighted by Gasteiger charge is -2.06. The van der Waals surface area contributed by atoms with Crippen LogP contribution in [-0.4, -0.2) is 9.97 Å². The summed E-state index contributed by atoms with van der Waals surface area (Å²) >= 11 is 0. The molecule has 3 rings (SSSR count). The van der Waals surface area contributed by atoms with Crippen molar-refractivity contribution in [1.29, 1.82) is 0 Å². The van der Waals surface area contributed by atoms with E-state index >= 15 is 0 Å².